The number of methoxy groups -OCH3 is 1. The number of aromatic nitrogens is 1. The summed E-state index contributed by atoms with van der Waals surface area (Å²) < 4.78 is 6.57. The Bertz CT molecular complexity index is 442. The quantitative estimate of drug-likeness (QED) is 0.787. The Morgan fingerprint density at radius 3 is 2.41 bits per heavy atom. The summed E-state index contributed by atoms with van der Waals surface area (Å²) in [5.74, 6) is 0.929. The van der Waals surface area contributed by atoms with Gasteiger partial charge in [0.2, 0.25) is 0 Å². The monoisotopic (exact) mass is 293 g/mol. The van der Waals surface area contributed by atoms with Crippen LogP contribution in [0.25, 0.3) is 0 Å². The summed E-state index contributed by atoms with van der Waals surface area (Å²) in [4.78, 5) is 4.02. The summed E-state index contributed by atoms with van der Waals surface area (Å²) in [5, 5.41) is 1.23. The van der Waals surface area contributed by atoms with Crippen LogP contribution in [0.15, 0.2) is 48.8 Å². The predicted octanol–water partition coefficient (Wildman–Crippen LogP) is 2.08. The SMILES string of the molecule is COc1ccc([Se]CCc2ccncc2)cc1. The summed E-state index contributed by atoms with van der Waals surface area (Å²) in [6, 6.07) is 12.6. The molecule has 0 bridgehead atoms. The molecule has 17 heavy (non-hydrogen) atoms. The van der Waals surface area contributed by atoms with Gasteiger partial charge in [0.05, 0.1) is 0 Å². The normalized spacial score (nSPS) is 10.2. The molecular formula is C14H15NOSe. The number of benzene rings is 1. The fourth-order valence-corrected chi connectivity index (χ4v) is 3.40. The van der Waals surface area contributed by atoms with Crippen molar-refractivity contribution in [2.45, 2.75) is 11.7 Å². The molecule has 0 saturated carbocycles. The van der Waals surface area contributed by atoms with Gasteiger partial charge in [0.1, 0.15) is 0 Å². The Morgan fingerprint density at radius 1 is 1.06 bits per heavy atom. The first-order chi connectivity index (χ1) is 8.38. The Labute approximate surface area is 108 Å². The number of pyridine rings is 1. The second-order valence-corrected chi connectivity index (χ2v) is 6.08. The molecule has 1 aromatic heterocycles. The number of hydrogen-bond acceptors (Lipinski definition) is 2. The standard InChI is InChI=1S/C14H15NOSe/c1-16-13-2-4-14(5-3-13)17-11-8-12-6-9-15-10-7-12/h2-7,9-10H,8,11H2,1H3. The van der Waals surface area contributed by atoms with Crippen molar-refractivity contribution in [1.29, 1.82) is 0 Å². The van der Waals surface area contributed by atoms with Crippen molar-refractivity contribution in [3.8, 4) is 5.75 Å². The van der Waals surface area contributed by atoms with Crippen molar-refractivity contribution in [3.05, 3.63) is 54.4 Å². The van der Waals surface area contributed by atoms with E-state index in [1.54, 1.807) is 7.11 Å². The van der Waals surface area contributed by atoms with E-state index in [1.165, 1.54) is 15.3 Å². The van der Waals surface area contributed by atoms with Crippen LogP contribution in [0.3, 0.4) is 0 Å². The average molecular weight is 292 g/mol. The third kappa shape index (κ3) is 3.88. The summed E-state index contributed by atoms with van der Waals surface area (Å²) in [5.41, 5.74) is 1.37. The molecule has 1 aromatic carbocycles. The van der Waals surface area contributed by atoms with Gasteiger partial charge in [0.25, 0.3) is 0 Å². The van der Waals surface area contributed by atoms with Gasteiger partial charge >= 0.3 is 108 Å². The minimum absolute atomic E-state index is 0.537. The van der Waals surface area contributed by atoms with Crippen molar-refractivity contribution in [1.82, 2.24) is 4.98 Å². The number of hydrogen-bond donors (Lipinski definition) is 0. The molecule has 2 nitrogen and oxygen atoms in total. The zero-order valence-electron chi connectivity index (χ0n) is 9.80. The molecule has 0 N–H and O–H groups in total. The molecule has 3 heteroatoms. The van der Waals surface area contributed by atoms with Crippen LogP contribution in [0.5, 0.6) is 5.75 Å². The molecular weight excluding hydrogens is 277 g/mol. The second-order valence-electron chi connectivity index (χ2n) is 3.63. The molecule has 88 valence electrons. The Morgan fingerprint density at radius 2 is 1.76 bits per heavy atom. The van der Waals surface area contributed by atoms with Gasteiger partial charge in [-0.15, -0.1) is 0 Å². The first-order valence-corrected chi connectivity index (χ1v) is 7.61. The number of nitrogens with zero attached hydrogens (tertiary/aromatic N) is 1. The molecule has 1 heterocycles. The van der Waals surface area contributed by atoms with Gasteiger partial charge in [-0.3, -0.25) is 0 Å². The molecule has 0 aliphatic heterocycles. The Kier molecular flexibility index (Phi) is 4.60. The molecule has 0 unspecified atom stereocenters. The van der Waals surface area contributed by atoms with E-state index in [9.17, 15) is 0 Å². The summed E-state index contributed by atoms with van der Waals surface area (Å²) >= 11 is 0.537. The Hall–Kier alpha value is -1.31. The van der Waals surface area contributed by atoms with Crippen LogP contribution in [0.4, 0.5) is 0 Å². The summed E-state index contributed by atoms with van der Waals surface area (Å²) in [6.07, 6.45) is 4.85. The van der Waals surface area contributed by atoms with E-state index in [-0.39, 0.29) is 0 Å². The molecule has 0 fully saturated rings. The minimum atomic E-state index is 0.537. The topological polar surface area (TPSA) is 22.1 Å². The van der Waals surface area contributed by atoms with Gasteiger partial charge in [-0.05, 0) is 0 Å². The summed E-state index contributed by atoms with van der Waals surface area (Å²) in [7, 11) is 1.70. The van der Waals surface area contributed by atoms with Crippen LogP contribution < -0.4 is 9.20 Å². The van der Waals surface area contributed by atoms with Gasteiger partial charge in [-0.2, -0.15) is 0 Å². The molecule has 0 saturated heterocycles. The predicted molar refractivity (Wildman–Crippen MR) is 71.1 cm³/mol. The first kappa shape index (κ1) is 12.2. The average Bonchev–Trinajstić information content (AvgIpc) is 2.41. The van der Waals surface area contributed by atoms with Crippen molar-refractivity contribution >= 4 is 19.4 Å². The molecule has 0 aliphatic carbocycles. The van der Waals surface area contributed by atoms with E-state index in [0.717, 1.165) is 12.2 Å². The van der Waals surface area contributed by atoms with Gasteiger partial charge in [-0.25, -0.2) is 0 Å². The van der Waals surface area contributed by atoms with Gasteiger partial charge in [0.15, 0.2) is 0 Å². The first-order valence-electron chi connectivity index (χ1n) is 5.54. The van der Waals surface area contributed by atoms with Crippen molar-refractivity contribution in [2.24, 2.45) is 0 Å². The summed E-state index contributed by atoms with van der Waals surface area (Å²) in [6.45, 7) is 0. The van der Waals surface area contributed by atoms with Crippen LogP contribution in [0.1, 0.15) is 5.56 Å². The van der Waals surface area contributed by atoms with Crippen molar-refractivity contribution in [3.63, 3.8) is 0 Å². The molecule has 2 rings (SSSR count). The maximum absolute atomic E-state index is 5.14. The second kappa shape index (κ2) is 6.43. The number of rotatable bonds is 5. The molecule has 2 aromatic rings. The van der Waals surface area contributed by atoms with E-state index in [4.69, 9.17) is 4.74 Å². The molecule has 0 amide bonds. The van der Waals surface area contributed by atoms with Crippen LogP contribution in [0, 0.1) is 0 Å². The Balaban J connectivity index is 1.82. The van der Waals surface area contributed by atoms with E-state index in [1.807, 2.05) is 24.5 Å². The van der Waals surface area contributed by atoms with E-state index in [2.05, 4.69) is 29.2 Å². The third-order valence-electron chi connectivity index (χ3n) is 2.47. The molecule has 0 spiro atoms. The van der Waals surface area contributed by atoms with Gasteiger partial charge < -0.3 is 0 Å². The van der Waals surface area contributed by atoms with E-state index >= 15 is 0 Å². The molecule has 0 radical (unpaired) electrons. The number of aryl methyl sites for hydroxylation is 1. The maximum atomic E-state index is 5.14. The van der Waals surface area contributed by atoms with Crippen LogP contribution in [-0.2, 0) is 6.42 Å². The third-order valence-corrected chi connectivity index (χ3v) is 4.60. The fourth-order valence-electron chi connectivity index (χ4n) is 1.51. The van der Waals surface area contributed by atoms with Crippen molar-refractivity contribution in [2.75, 3.05) is 7.11 Å². The fraction of sp³-hybridized carbons (Fsp3) is 0.214. The van der Waals surface area contributed by atoms with E-state index < -0.39 is 0 Å². The van der Waals surface area contributed by atoms with Crippen LogP contribution in [0.2, 0.25) is 5.32 Å². The van der Waals surface area contributed by atoms with Crippen LogP contribution in [-0.4, -0.2) is 27.1 Å². The van der Waals surface area contributed by atoms with Crippen molar-refractivity contribution < 1.29 is 4.74 Å². The zero-order valence-corrected chi connectivity index (χ0v) is 11.5. The van der Waals surface area contributed by atoms with E-state index in [0.29, 0.717) is 15.0 Å². The molecule has 0 aliphatic rings. The van der Waals surface area contributed by atoms with Crippen LogP contribution >= 0.6 is 0 Å². The van der Waals surface area contributed by atoms with Gasteiger partial charge in [0, 0.05) is 0 Å². The zero-order chi connectivity index (χ0) is 11.9. The molecule has 0 atom stereocenters. The van der Waals surface area contributed by atoms with Gasteiger partial charge in [-0.1, -0.05) is 0 Å². The number of ether oxygens (including phenoxy) is 1.